The van der Waals surface area contributed by atoms with E-state index in [2.05, 4.69) is 0 Å². The fourth-order valence-corrected chi connectivity index (χ4v) is 3.32. The van der Waals surface area contributed by atoms with Gasteiger partial charge in [-0.25, -0.2) is 8.78 Å². The summed E-state index contributed by atoms with van der Waals surface area (Å²) in [7, 11) is 0. The van der Waals surface area contributed by atoms with Crippen LogP contribution < -0.4 is 14.2 Å². The zero-order valence-electron chi connectivity index (χ0n) is 17.1. The lowest BCUT2D eigenvalue weighted by Gasteiger charge is -2.12. The molecule has 0 atom stereocenters. The van der Waals surface area contributed by atoms with E-state index in [1.54, 1.807) is 25.1 Å². The lowest BCUT2D eigenvalue weighted by atomic mass is 10.1. The van der Waals surface area contributed by atoms with E-state index in [9.17, 15) is 13.6 Å². The van der Waals surface area contributed by atoms with E-state index in [0.29, 0.717) is 29.2 Å². The maximum Gasteiger partial charge on any atom is 0.231 e. The van der Waals surface area contributed by atoms with Crippen molar-refractivity contribution in [2.75, 3.05) is 6.61 Å². The Morgan fingerprint density at radius 2 is 1.68 bits per heavy atom. The molecule has 0 radical (unpaired) electrons. The average molecular weight is 422 g/mol. The SMILES string of the molecule is CCOc1ccc(/C=C2\Oc3c(ccc(OCc4c(F)cccc4F)c3C)C2=O)cc1. The van der Waals surface area contributed by atoms with Crippen LogP contribution in [0.2, 0.25) is 0 Å². The third kappa shape index (κ3) is 4.14. The number of ether oxygens (including phenoxy) is 3. The topological polar surface area (TPSA) is 44.8 Å². The molecule has 0 N–H and O–H groups in total. The predicted octanol–water partition coefficient (Wildman–Crippen LogP) is 5.87. The molecule has 4 rings (SSSR count). The first-order valence-corrected chi connectivity index (χ1v) is 9.84. The Balaban J connectivity index is 1.55. The summed E-state index contributed by atoms with van der Waals surface area (Å²) < 4.78 is 44.6. The standard InChI is InChI=1S/C25H20F2O4/c1-3-29-17-9-7-16(8-10-17)13-23-24(28)18-11-12-22(15(2)25(18)31-23)30-14-19-20(26)5-4-6-21(19)27/h4-13H,3,14H2,1-2H3/b23-13-. The van der Waals surface area contributed by atoms with E-state index in [1.165, 1.54) is 18.2 Å². The second-order valence-electron chi connectivity index (χ2n) is 7.00. The number of benzene rings is 3. The van der Waals surface area contributed by atoms with Crippen LogP contribution in [0.15, 0.2) is 60.4 Å². The van der Waals surface area contributed by atoms with Crippen LogP contribution in [0.1, 0.15) is 34.0 Å². The number of allylic oxidation sites excluding steroid dienone is 1. The van der Waals surface area contributed by atoms with Gasteiger partial charge in [-0.05, 0) is 61.9 Å². The summed E-state index contributed by atoms with van der Waals surface area (Å²) in [5.74, 6) is 0.121. The van der Waals surface area contributed by atoms with Gasteiger partial charge in [0.25, 0.3) is 0 Å². The van der Waals surface area contributed by atoms with Gasteiger partial charge >= 0.3 is 0 Å². The highest BCUT2D eigenvalue weighted by atomic mass is 19.1. The van der Waals surface area contributed by atoms with Crippen LogP contribution in [0.4, 0.5) is 8.78 Å². The van der Waals surface area contributed by atoms with Gasteiger partial charge in [0.1, 0.15) is 35.5 Å². The first-order chi connectivity index (χ1) is 15.0. The molecule has 31 heavy (non-hydrogen) atoms. The number of ketones is 1. The molecule has 0 unspecified atom stereocenters. The monoisotopic (exact) mass is 422 g/mol. The van der Waals surface area contributed by atoms with Crippen LogP contribution in [0.5, 0.6) is 17.2 Å². The second kappa shape index (κ2) is 8.60. The Morgan fingerprint density at radius 3 is 2.35 bits per heavy atom. The Hall–Kier alpha value is -3.67. The summed E-state index contributed by atoms with van der Waals surface area (Å²) in [6.45, 7) is 3.94. The summed E-state index contributed by atoms with van der Waals surface area (Å²) in [5.41, 5.74) is 1.64. The van der Waals surface area contributed by atoms with Crippen LogP contribution in [0.25, 0.3) is 6.08 Å². The Labute approximate surface area is 178 Å². The highest BCUT2D eigenvalue weighted by Gasteiger charge is 2.30. The number of carbonyl (C=O) groups excluding carboxylic acids is 1. The molecule has 1 aliphatic rings. The molecule has 0 bridgehead atoms. The van der Waals surface area contributed by atoms with Crippen molar-refractivity contribution in [1.82, 2.24) is 0 Å². The van der Waals surface area contributed by atoms with Gasteiger partial charge in [0.2, 0.25) is 5.78 Å². The van der Waals surface area contributed by atoms with Crippen molar-refractivity contribution in [2.45, 2.75) is 20.5 Å². The number of Topliss-reactive ketones (excluding diaryl/α,β-unsaturated/α-hetero) is 1. The molecule has 0 aliphatic carbocycles. The van der Waals surface area contributed by atoms with Gasteiger partial charge in [0.05, 0.1) is 17.7 Å². The van der Waals surface area contributed by atoms with Gasteiger partial charge in [-0.3, -0.25) is 4.79 Å². The fraction of sp³-hybridized carbons (Fsp3) is 0.160. The molecule has 158 valence electrons. The number of hydrogen-bond donors (Lipinski definition) is 0. The van der Waals surface area contributed by atoms with Gasteiger partial charge in [-0.1, -0.05) is 18.2 Å². The zero-order valence-corrected chi connectivity index (χ0v) is 17.1. The van der Waals surface area contributed by atoms with Crippen LogP contribution in [0, 0.1) is 18.6 Å². The van der Waals surface area contributed by atoms with Crippen molar-refractivity contribution in [3.63, 3.8) is 0 Å². The average Bonchev–Trinajstić information content (AvgIpc) is 3.07. The number of hydrogen-bond acceptors (Lipinski definition) is 4. The third-order valence-electron chi connectivity index (χ3n) is 4.96. The first-order valence-electron chi connectivity index (χ1n) is 9.84. The molecule has 1 aliphatic heterocycles. The predicted molar refractivity (Wildman–Crippen MR) is 112 cm³/mol. The largest absolute Gasteiger partial charge is 0.494 e. The minimum Gasteiger partial charge on any atom is -0.494 e. The van der Waals surface area contributed by atoms with Crippen molar-refractivity contribution in [3.05, 3.63) is 94.2 Å². The molecular formula is C25H20F2O4. The van der Waals surface area contributed by atoms with Crippen molar-refractivity contribution in [1.29, 1.82) is 0 Å². The van der Waals surface area contributed by atoms with E-state index in [1.807, 2.05) is 31.2 Å². The molecule has 0 spiro atoms. The highest BCUT2D eigenvalue weighted by Crippen LogP contribution is 2.39. The van der Waals surface area contributed by atoms with E-state index >= 15 is 0 Å². The molecule has 4 nitrogen and oxygen atoms in total. The van der Waals surface area contributed by atoms with Crippen LogP contribution in [0.3, 0.4) is 0 Å². The third-order valence-corrected chi connectivity index (χ3v) is 4.96. The molecule has 0 fully saturated rings. The lowest BCUT2D eigenvalue weighted by molar-refractivity contribution is 0.101. The van der Waals surface area contributed by atoms with Gasteiger partial charge in [-0.2, -0.15) is 0 Å². The second-order valence-corrected chi connectivity index (χ2v) is 7.00. The van der Waals surface area contributed by atoms with E-state index in [0.717, 1.165) is 11.3 Å². The van der Waals surface area contributed by atoms with Gasteiger partial charge in [-0.15, -0.1) is 0 Å². The quantitative estimate of drug-likeness (QED) is 0.466. The minimum absolute atomic E-state index is 0.157. The lowest BCUT2D eigenvalue weighted by Crippen LogP contribution is -2.03. The van der Waals surface area contributed by atoms with Crippen LogP contribution >= 0.6 is 0 Å². The summed E-state index contributed by atoms with van der Waals surface area (Å²) in [6.07, 6.45) is 1.66. The molecule has 6 heteroatoms. The van der Waals surface area contributed by atoms with E-state index in [4.69, 9.17) is 14.2 Å². The van der Waals surface area contributed by atoms with Gasteiger partial charge < -0.3 is 14.2 Å². The van der Waals surface area contributed by atoms with Crippen molar-refractivity contribution >= 4 is 11.9 Å². The zero-order chi connectivity index (χ0) is 22.0. The molecular weight excluding hydrogens is 402 g/mol. The molecule has 0 amide bonds. The van der Waals surface area contributed by atoms with Crippen LogP contribution in [-0.4, -0.2) is 12.4 Å². The van der Waals surface area contributed by atoms with E-state index in [-0.39, 0.29) is 23.7 Å². The van der Waals surface area contributed by atoms with Gasteiger partial charge in [0, 0.05) is 5.56 Å². The summed E-state index contributed by atoms with van der Waals surface area (Å²) in [4.78, 5) is 12.7. The molecule has 3 aromatic carbocycles. The fourth-order valence-electron chi connectivity index (χ4n) is 3.32. The Bertz CT molecular complexity index is 1150. The molecule has 0 saturated carbocycles. The summed E-state index contributed by atoms with van der Waals surface area (Å²) in [5, 5.41) is 0. The summed E-state index contributed by atoms with van der Waals surface area (Å²) >= 11 is 0. The molecule has 1 heterocycles. The normalized spacial score (nSPS) is 13.8. The van der Waals surface area contributed by atoms with Crippen molar-refractivity contribution in [3.8, 4) is 17.2 Å². The molecule has 3 aromatic rings. The van der Waals surface area contributed by atoms with Gasteiger partial charge in [0.15, 0.2) is 5.76 Å². The maximum absolute atomic E-state index is 13.8. The highest BCUT2D eigenvalue weighted by molar-refractivity contribution is 6.14. The Morgan fingerprint density at radius 1 is 0.968 bits per heavy atom. The van der Waals surface area contributed by atoms with Crippen LogP contribution in [-0.2, 0) is 6.61 Å². The number of carbonyl (C=O) groups is 1. The first kappa shape index (κ1) is 20.6. The Kier molecular flexibility index (Phi) is 5.71. The van der Waals surface area contributed by atoms with Crippen molar-refractivity contribution < 1.29 is 27.8 Å². The molecule has 0 saturated heterocycles. The maximum atomic E-state index is 13.8. The van der Waals surface area contributed by atoms with Crippen molar-refractivity contribution in [2.24, 2.45) is 0 Å². The number of halogens is 2. The number of fused-ring (bicyclic) bond motifs is 1. The van der Waals surface area contributed by atoms with E-state index < -0.39 is 11.6 Å². The molecule has 0 aromatic heterocycles. The number of rotatable bonds is 6. The minimum atomic E-state index is -0.675. The smallest absolute Gasteiger partial charge is 0.231 e. The summed E-state index contributed by atoms with van der Waals surface area (Å²) in [6, 6.07) is 14.2.